The smallest absolute Gasteiger partial charge is 0.191 e. The minimum atomic E-state index is 0. The van der Waals surface area contributed by atoms with Crippen molar-refractivity contribution in [2.45, 2.75) is 58.0 Å². The highest BCUT2D eigenvalue weighted by atomic mass is 127. The summed E-state index contributed by atoms with van der Waals surface area (Å²) in [4.78, 5) is 9.94. The molecule has 0 spiro atoms. The number of nitrogens with one attached hydrogen (secondary N) is 2. The van der Waals surface area contributed by atoms with Crippen molar-refractivity contribution in [2.75, 3.05) is 44.2 Å². The molecular weight excluding hydrogens is 469 g/mol. The first kappa shape index (κ1) is 22.7. The van der Waals surface area contributed by atoms with E-state index in [0.717, 1.165) is 44.7 Å². The van der Waals surface area contributed by atoms with Crippen molar-refractivity contribution in [3.8, 4) is 0 Å². The van der Waals surface area contributed by atoms with Gasteiger partial charge in [0.25, 0.3) is 0 Å². The quantitative estimate of drug-likeness (QED) is 0.351. The Morgan fingerprint density at radius 1 is 1.22 bits per heavy atom. The molecule has 27 heavy (non-hydrogen) atoms. The van der Waals surface area contributed by atoms with Gasteiger partial charge in [0, 0.05) is 38.3 Å². The number of nitrogens with zero attached hydrogens (tertiary/aromatic N) is 3. The van der Waals surface area contributed by atoms with E-state index in [1.54, 1.807) is 0 Å². The zero-order valence-corrected chi connectivity index (χ0v) is 20.0. The lowest BCUT2D eigenvalue weighted by Gasteiger charge is -2.34. The topological polar surface area (TPSA) is 42.9 Å². The molecule has 1 unspecified atom stereocenters. The summed E-state index contributed by atoms with van der Waals surface area (Å²) < 4.78 is 0. The number of guanidine groups is 1. The van der Waals surface area contributed by atoms with Gasteiger partial charge >= 0.3 is 0 Å². The van der Waals surface area contributed by atoms with Gasteiger partial charge in [0.1, 0.15) is 0 Å². The maximum atomic E-state index is 4.85. The number of anilines is 1. The van der Waals surface area contributed by atoms with Crippen LogP contribution in [0, 0.1) is 0 Å². The molecule has 3 heterocycles. The Bertz CT molecular complexity index is 543. The van der Waals surface area contributed by atoms with Crippen LogP contribution in [0.25, 0.3) is 0 Å². The molecule has 0 aromatic carbocycles. The molecule has 1 aromatic rings. The van der Waals surface area contributed by atoms with Gasteiger partial charge in [0.05, 0.1) is 11.5 Å². The predicted molar refractivity (Wildman–Crippen MR) is 129 cm³/mol. The number of piperidine rings is 2. The molecule has 2 saturated heterocycles. The van der Waals surface area contributed by atoms with Gasteiger partial charge in [-0.15, -0.1) is 35.3 Å². The minimum Gasteiger partial charge on any atom is -0.363 e. The summed E-state index contributed by atoms with van der Waals surface area (Å²) in [5.74, 6) is 0.992. The highest BCUT2D eigenvalue weighted by Gasteiger charge is 2.21. The van der Waals surface area contributed by atoms with E-state index in [0.29, 0.717) is 6.04 Å². The number of hydrogen-bond donors (Lipinski definition) is 2. The fourth-order valence-corrected chi connectivity index (χ4v) is 4.77. The van der Waals surface area contributed by atoms with Crippen LogP contribution < -0.4 is 15.5 Å². The minimum absolute atomic E-state index is 0. The highest BCUT2D eigenvalue weighted by molar-refractivity contribution is 14.0. The molecule has 0 radical (unpaired) electrons. The van der Waals surface area contributed by atoms with Gasteiger partial charge in [-0.1, -0.05) is 6.42 Å². The lowest BCUT2D eigenvalue weighted by molar-refractivity contribution is 0.166. The number of hydrogen-bond acceptors (Lipinski definition) is 4. The average Bonchev–Trinajstić information content (AvgIpc) is 3.19. The Hall–Kier alpha value is -0.540. The van der Waals surface area contributed by atoms with E-state index in [1.165, 1.54) is 43.6 Å². The summed E-state index contributed by atoms with van der Waals surface area (Å²) in [6, 6.07) is 5.61. The van der Waals surface area contributed by atoms with Crippen LogP contribution in [-0.4, -0.2) is 62.2 Å². The third-order valence-electron chi connectivity index (χ3n) is 5.60. The zero-order chi connectivity index (χ0) is 18.2. The molecule has 7 heteroatoms. The Kier molecular flexibility index (Phi) is 10.2. The number of halogens is 1. The summed E-state index contributed by atoms with van der Waals surface area (Å²) in [5, 5.41) is 10.7. The molecular formula is C20H36IN5S. The zero-order valence-electron chi connectivity index (χ0n) is 16.8. The molecule has 2 N–H and O–H groups in total. The normalized spacial score (nSPS) is 22.4. The molecule has 2 aliphatic heterocycles. The Balaban J connectivity index is 0.00000261. The molecule has 154 valence electrons. The van der Waals surface area contributed by atoms with Crippen molar-refractivity contribution in [1.29, 1.82) is 0 Å². The van der Waals surface area contributed by atoms with E-state index in [-0.39, 0.29) is 24.0 Å². The van der Waals surface area contributed by atoms with Crippen molar-refractivity contribution in [3.05, 3.63) is 17.5 Å². The first-order chi connectivity index (χ1) is 12.8. The second-order valence-corrected chi connectivity index (χ2v) is 8.42. The third kappa shape index (κ3) is 7.09. The molecule has 0 amide bonds. The van der Waals surface area contributed by atoms with Crippen LogP contribution in [-0.2, 0) is 0 Å². The van der Waals surface area contributed by atoms with Crippen molar-refractivity contribution < 1.29 is 0 Å². The molecule has 0 bridgehead atoms. The largest absolute Gasteiger partial charge is 0.363 e. The van der Waals surface area contributed by atoms with Gasteiger partial charge in [-0.05, 0) is 63.6 Å². The molecule has 0 aliphatic carbocycles. The van der Waals surface area contributed by atoms with Crippen LogP contribution in [0.2, 0.25) is 0 Å². The van der Waals surface area contributed by atoms with Gasteiger partial charge in [0.2, 0.25) is 0 Å². The molecule has 2 aliphatic rings. The van der Waals surface area contributed by atoms with E-state index >= 15 is 0 Å². The maximum absolute atomic E-state index is 4.85. The predicted octanol–water partition coefficient (Wildman–Crippen LogP) is 3.76. The van der Waals surface area contributed by atoms with Crippen molar-refractivity contribution >= 4 is 46.3 Å². The lowest BCUT2D eigenvalue weighted by atomic mass is 10.0. The van der Waals surface area contributed by atoms with Crippen LogP contribution in [0.15, 0.2) is 22.5 Å². The molecule has 2 fully saturated rings. The van der Waals surface area contributed by atoms with E-state index < -0.39 is 0 Å². The second-order valence-electron chi connectivity index (χ2n) is 7.50. The van der Waals surface area contributed by atoms with E-state index in [1.807, 2.05) is 11.3 Å². The standard InChI is InChI=1S/C20H35N5S.HI/c1-3-21-20(22-11-15-24-12-5-4-7-17(24)2)23-18-9-13-25(14-10-18)19-8-6-16-26-19;/h6,8,16-18H,3-5,7,9-15H2,1-2H3,(H2,21,22,23);1H. The van der Waals surface area contributed by atoms with Gasteiger partial charge in [-0.3, -0.25) is 9.89 Å². The van der Waals surface area contributed by atoms with Crippen molar-refractivity contribution in [1.82, 2.24) is 15.5 Å². The van der Waals surface area contributed by atoms with E-state index in [2.05, 4.69) is 51.8 Å². The fraction of sp³-hybridized carbons (Fsp3) is 0.750. The van der Waals surface area contributed by atoms with Crippen LogP contribution in [0.5, 0.6) is 0 Å². The van der Waals surface area contributed by atoms with Gasteiger partial charge in [-0.2, -0.15) is 0 Å². The number of likely N-dealkylation sites (tertiary alicyclic amines) is 1. The van der Waals surface area contributed by atoms with Crippen molar-refractivity contribution in [2.24, 2.45) is 4.99 Å². The molecule has 5 nitrogen and oxygen atoms in total. The van der Waals surface area contributed by atoms with E-state index in [4.69, 9.17) is 4.99 Å². The number of rotatable bonds is 6. The van der Waals surface area contributed by atoms with Gasteiger partial charge in [-0.25, -0.2) is 0 Å². The SMILES string of the molecule is CCNC(=NCCN1CCCCC1C)NC1CCN(c2cccs2)CC1.I. The first-order valence-electron chi connectivity index (χ1n) is 10.3. The van der Waals surface area contributed by atoms with Gasteiger partial charge < -0.3 is 15.5 Å². The summed E-state index contributed by atoms with van der Waals surface area (Å²) in [7, 11) is 0. The second kappa shape index (κ2) is 12.1. The number of thiophene rings is 1. The summed E-state index contributed by atoms with van der Waals surface area (Å²) in [6.45, 7) is 10.9. The highest BCUT2D eigenvalue weighted by Crippen LogP contribution is 2.24. The van der Waals surface area contributed by atoms with Crippen LogP contribution >= 0.6 is 35.3 Å². The average molecular weight is 506 g/mol. The van der Waals surface area contributed by atoms with E-state index in [9.17, 15) is 0 Å². The lowest BCUT2D eigenvalue weighted by Crippen LogP contribution is -2.49. The molecule has 0 saturated carbocycles. The fourth-order valence-electron chi connectivity index (χ4n) is 3.99. The van der Waals surface area contributed by atoms with Crippen LogP contribution in [0.4, 0.5) is 5.00 Å². The maximum Gasteiger partial charge on any atom is 0.191 e. The summed E-state index contributed by atoms with van der Waals surface area (Å²) in [6.07, 6.45) is 6.41. The Morgan fingerprint density at radius 2 is 2.04 bits per heavy atom. The Morgan fingerprint density at radius 3 is 2.70 bits per heavy atom. The first-order valence-corrected chi connectivity index (χ1v) is 11.2. The third-order valence-corrected chi connectivity index (χ3v) is 6.52. The van der Waals surface area contributed by atoms with Crippen LogP contribution in [0.1, 0.15) is 46.0 Å². The number of aliphatic imine (C=N–C) groups is 1. The van der Waals surface area contributed by atoms with Gasteiger partial charge in [0.15, 0.2) is 5.96 Å². The van der Waals surface area contributed by atoms with Crippen molar-refractivity contribution in [3.63, 3.8) is 0 Å². The molecule has 1 atom stereocenters. The molecule has 3 rings (SSSR count). The van der Waals surface area contributed by atoms with Crippen LogP contribution in [0.3, 0.4) is 0 Å². The summed E-state index contributed by atoms with van der Waals surface area (Å²) >= 11 is 1.84. The monoisotopic (exact) mass is 505 g/mol. The molecule has 1 aromatic heterocycles. The summed E-state index contributed by atoms with van der Waals surface area (Å²) in [5.41, 5.74) is 0. The Labute approximate surface area is 186 Å².